The van der Waals surface area contributed by atoms with Crippen LogP contribution < -0.4 is 10.6 Å². The van der Waals surface area contributed by atoms with Crippen molar-refractivity contribution in [3.05, 3.63) is 48.0 Å². The van der Waals surface area contributed by atoms with Gasteiger partial charge in [0, 0.05) is 13.3 Å². The van der Waals surface area contributed by atoms with Gasteiger partial charge < -0.3 is 15.4 Å². The minimum absolute atomic E-state index is 0.0222. The van der Waals surface area contributed by atoms with Crippen LogP contribution in [-0.2, 0) is 19.1 Å². The monoisotopic (exact) mass is 330 g/mol. The fourth-order valence-corrected chi connectivity index (χ4v) is 2.46. The first-order chi connectivity index (χ1) is 11.6. The molecule has 1 unspecified atom stereocenters. The van der Waals surface area contributed by atoms with Gasteiger partial charge in [0.1, 0.15) is 12.6 Å². The smallest absolute Gasteiger partial charge is 0.329 e. The molecule has 1 aromatic rings. The van der Waals surface area contributed by atoms with E-state index in [1.165, 1.54) is 6.92 Å². The fraction of sp³-hybridized carbons (Fsp3) is 0.389. The van der Waals surface area contributed by atoms with Gasteiger partial charge >= 0.3 is 5.97 Å². The number of cyclic esters (lactones) is 1. The number of benzene rings is 1. The first kappa shape index (κ1) is 17.7. The van der Waals surface area contributed by atoms with Crippen LogP contribution in [-0.4, -0.2) is 30.4 Å². The number of amides is 2. The highest BCUT2D eigenvalue weighted by atomic mass is 16.5. The lowest BCUT2D eigenvalue weighted by molar-refractivity contribution is -0.148. The maximum absolute atomic E-state index is 12.2. The second kappa shape index (κ2) is 8.86. The number of allylic oxidation sites excluding steroid dienone is 1. The summed E-state index contributed by atoms with van der Waals surface area (Å²) in [5.74, 6) is -0.889. The summed E-state index contributed by atoms with van der Waals surface area (Å²) in [6.45, 7) is 1.38. The van der Waals surface area contributed by atoms with Crippen LogP contribution in [0.25, 0.3) is 0 Å². The van der Waals surface area contributed by atoms with Crippen molar-refractivity contribution < 1.29 is 19.1 Å². The molecular formula is C18H22N2O4. The maximum atomic E-state index is 12.2. The molecule has 0 saturated carbocycles. The molecule has 0 aromatic heterocycles. The summed E-state index contributed by atoms with van der Waals surface area (Å²) < 4.78 is 5.34. The Morgan fingerprint density at radius 1 is 1.21 bits per heavy atom. The van der Waals surface area contributed by atoms with Crippen LogP contribution in [0.3, 0.4) is 0 Å². The molecule has 1 heterocycles. The zero-order valence-electron chi connectivity index (χ0n) is 13.7. The topological polar surface area (TPSA) is 84.5 Å². The van der Waals surface area contributed by atoms with Crippen LogP contribution in [0.1, 0.15) is 37.8 Å². The van der Waals surface area contributed by atoms with Gasteiger partial charge in [-0.2, -0.15) is 0 Å². The van der Waals surface area contributed by atoms with Crippen LogP contribution >= 0.6 is 0 Å². The van der Waals surface area contributed by atoms with Crippen molar-refractivity contribution >= 4 is 17.8 Å². The number of carbonyl (C=O) groups is 3. The van der Waals surface area contributed by atoms with Crippen molar-refractivity contribution in [1.82, 2.24) is 10.6 Å². The summed E-state index contributed by atoms with van der Waals surface area (Å²) in [5.41, 5.74) is 0.863. The Labute approximate surface area is 141 Å². The number of esters is 1. The molecule has 6 heteroatoms. The van der Waals surface area contributed by atoms with Crippen molar-refractivity contribution in [3.8, 4) is 0 Å². The van der Waals surface area contributed by atoms with Gasteiger partial charge in [-0.25, -0.2) is 4.79 Å². The SMILES string of the molecule is CC(=O)N[C@H]1CC=CCCC(=O)NC(c2ccccc2)COC1=O. The van der Waals surface area contributed by atoms with E-state index >= 15 is 0 Å². The Balaban J connectivity index is 2.15. The lowest BCUT2D eigenvalue weighted by Gasteiger charge is -2.22. The van der Waals surface area contributed by atoms with Gasteiger partial charge in [-0.1, -0.05) is 42.5 Å². The number of carbonyl (C=O) groups excluding carboxylic acids is 3. The molecule has 2 amide bonds. The van der Waals surface area contributed by atoms with Crippen LogP contribution in [0.5, 0.6) is 0 Å². The van der Waals surface area contributed by atoms with Crippen molar-refractivity contribution in [2.75, 3.05) is 6.61 Å². The Morgan fingerprint density at radius 2 is 1.96 bits per heavy atom. The van der Waals surface area contributed by atoms with Crippen molar-refractivity contribution in [2.45, 2.75) is 38.3 Å². The van der Waals surface area contributed by atoms with Crippen molar-refractivity contribution in [2.24, 2.45) is 0 Å². The Bertz CT molecular complexity index is 613. The molecule has 0 fully saturated rings. The summed E-state index contributed by atoms with van der Waals surface area (Å²) in [5, 5.41) is 5.48. The Hall–Kier alpha value is -2.63. The van der Waals surface area contributed by atoms with Crippen molar-refractivity contribution in [1.29, 1.82) is 0 Å². The van der Waals surface area contributed by atoms with Gasteiger partial charge in [0.05, 0.1) is 6.04 Å². The van der Waals surface area contributed by atoms with Gasteiger partial charge in [-0.3, -0.25) is 9.59 Å². The zero-order chi connectivity index (χ0) is 17.4. The van der Waals surface area contributed by atoms with E-state index in [2.05, 4.69) is 10.6 Å². The lowest BCUT2D eigenvalue weighted by Crippen LogP contribution is -2.42. The second-order valence-corrected chi connectivity index (χ2v) is 5.66. The van der Waals surface area contributed by atoms with Crippen LogP contribution in [0.15, 0.2) is 42.5 Å². The highest BCUT2D eigenvalue weighted by molar-refractivity contribution is 5.83. The molecule has 0 saturated heterocycles. The Morgan fingerprint density at radius 3 is 2.67 bits per heavy atom. The van der Waals surface area contributed by atoms with Gasteiger partial charge in [0.25, 0.3) is 0 Å². The molecule has 2 N–H and O–H groups in total. The van der Waals surface area contributed by atoms with Crippen molar-refractivity contribution in [3.63, 3.8) is 0 Å². The van der Waals surface area contributed by atoms with E-state index in [1.807, 2.05) is 36.4 Å². The zero-order valence-corrected chi connectivity index (χ0v) is 13.7. The lowest BCUT2D eigenvalue weighted by atomic mass is 10.1. The van der Waals surface area contributed by atoms with E-state index in [0.717, 1.165) is 5.56 Å². The molecule has 6 nitrogen and oxygen atoms in total. The van der Waals surface area contributed by atoms with Gasteiger partial charge in [-0.15, -0.1) is 0 Å². The molecule has 0 radical (unpaired) electrons. The molecule has 128 valence electrons. The van der Waals surface area contributed by atoms with Gasteiger partial charge in [0.15, 0.2) is 0 Å². The quantitative estimate of drug-likeness (QED) is 0.638. The number of hydrogen-bond acceptors (Lipinski definition) is 4. The molecule has 2 rings (SSSR count). The predicted octanol–water partition coefficient (Wildman–Crippen LogP) is 1.63. The van der Waals surface area contributed by atoms with E-state index < -0.39 is 18.1 Å². The highest BCUT2D eigenvalue weighted by Gasteiger charge is 2.23. The maximum Gasteiger partial charge on any atom is 0.329 e. The molecular weight excluding hydrogens is 308 g/mol. The highest BCUT2D eigenvalue weighted by Crippen LogP contribution is 2.15. The first-order valence-corrected chi connectivity index (χ1v) is 7.99. The number of rotatable bonds is 2. The molecule has 0 spiro atoms. The molecule has 1 aliphatic heterocycles. The third kappa shape index (κ3) is 5.53. The third-order valence-electron chi connectivity index (χ3n) is 3.67. The van der Waals surface area contributed by atoms with E-state index in [1.54, 1.807) is 6.08 Å². The summed E-state index contributed by atoms with van der Waals surface area (Å²) >= 11 is 0. The molecule has 2 atom stereocenters. The average molecular weight is 330 g/mol. The number of hydrogen-bond donors (Lipinski definition) is 2. The summed E-state index contributed by atoms with van der Waals surface area (Å²) in [6, 6.07) is 8.22. The average Bonchev–Trinajstić information content (AvgIpc) is 2.56. The fourth-order valence-electron chi connectivity index (χ4n) is 2.46. The normalized spacial score (nSPS) is 22.5. The molecule has 24 heavy (non-hydrogen) atoms. The minimum atomic E-state index is -0.717. The molecule has 1 aromatic carbocycles. The summed E-state index contributed by atoms with van der Waals surface area (Å²) in [7, 11) is 0. The van der Waals surface area contributed by atoms with Crippen LogP contribution in [0.2, 0.25) is 0 Å². The van der Waals surface area contributed by atoms with Crippen LogP contribution in [0, 0.1) is 0 Å². The largest absolute Gasteiger partial charge is 0.462 e. The number of nitrogens with one attached hydrogen (secondary N) is 2. The summed E-state index contributed by atoms with van der Waals surface area (Å²) in [4.78, 5) is 35.5. The van der Waals surface area contributed by atoms with Gasteiger partial charge in [-0.05, 0) is 18.4 Å². The first-order valence-electron chi connectivity index (χ1n) is 7.99. The van der Waals surface area contributed by atoms with E-state index in [9.17, 15) is 14.4 Å². The van der Waals surface area contributed by atoms with E-state index in [4.69, 9.17) is 4.74 Å². The predicted molar refractivity (Wildman–Crippen MR) is 88.9 cm³/mol. The van der Waals surface area contributed by atoms with Crippen LogP contribution in [0.4, 0.5) is 0 Å². The molecule has 0 aliphatic carbocycles. The van der Waals surface area contributed by atoms with E-state index in [-0.39, 0.29) is 18.4 Å². The molecule has 0 bridgehead atoms. The van der Waals surface area contributed by atoms with E-state index in [0.29, 0.717) is 19.3 Å². The standard InChI is InChI=1S/C18H22N2O4/c1-13(21)19-15-10-6-3-7-11-17(22)20-16(12-24-18(15)23)14-8-4-2-5-9-14/h2-6,8-9,15-16H,7,10-12H2,1H3,(H,19,21)(H,20,22)/t15-,16?/m0/s1. The third-order valence-corrected chi connectivity index (χ3v) is 3.67. The second-order valence-electron chi connectivity index (χ2n) is 5.66. The Kier molecular flexibility index (Phi) is 6.54. The summed E-state index contributed by atoms with van der Waals surface area (Å²) in [6.07, 6.45) is 4.90. The van der Waals surface area contributed by atoms with Gasteiger partial charge in [0.2, 0.25) is 11.8 Å². The number of ether oxygens (including phenoxy) is 1. The minimum Gasteiger partial charge on any atom is -0.462 e. The molecule has 1 aliphatic rings.